The van der Waals surface area contributed by atoms with Crippen LogP contribution in [-0.4, -0.2) is 5.91 Å². The minimum absolute atomic E-state index is 0.189. The molecule has 98 valence electrons. The number of amides is 1. The minimum Gasteiger partial charge on any atom is -0.398 e. The number of halogens is 3. The summed E-state index contributed by atoms with van der Waals surface area (Å²) < 4.78 is 38.8. The topological polar surface area (TPSA) is 55.1 Å². The Morgan fingerprint density at radius 1 is 1.05 bits per heavy atom. The van der Waals surface area contributed by atoms with Gasteiger partial charge in [0.15, 0.2) is 11.6 Å². The summed E-state index contributed by atoms with van der Waals surface area (Å²) in [5.41, 5.74) is 5.20. The van der Waals surface area contributed by atoms with Gasteiger partial charge in [-0.25, -0.2) is 13.2 Å². The van der Waals surface area contributed by atoms with Gasteiger partial charge in [-0.1, -0.05) is 6.07 Å². The highest BCUT2D eigenvalue weighted by atomic mass is 19.2. The molecule has 0 saturated heterocycles. The van der Waals surface area contributed by atoms with Gasteiger partial charge in [-0.15, -0.1) is 0 Å². The Morgan fingerprint density at radius 3 is 2.42 bits per heavy atom. The van der Waals surface area contributed by atoms with Crippen molar-refractivity contribution in [3.05, 3.63) is 59.4 Å². The van der Waals surface area contributed by atoms with Crippen molar-refractivity contribution in [2.75, 3.05) is 11.1 Å². The first-order valence-electron chi connectivity index (χ1n) is 5.29. The number of nitrogens with one attached hydrogen (secondary N) is 1. The van der Waals surface area contributed by atoms with Gasteiger partial charge in [0.25, 0.3) is 5.91 Å². The lowest BCUT2D eigenvalue weighted by Gasteiger charge is -2.08. The number of rotatable bonds is 2. The Hall–Kier alpha value is -2.50. The molecule has 0 aliphatic rings. The van der Waals surface area contributed by atoms with Crippen LogP contribution >= 0.6 is 0 Å². The molecule has 0 fully saturated rings. The third-order valence-electron chi connectivity index (χ3n) is 2.42. The molecular weight excluding hydrogens is 257 g/mol. The lowest BCUT2D eigenvalue weighted by molar-refractivity contribution is 0.102. The van der Waals surface area contributed by atoms with E-state index in [0.717, 1.165) is 12.1 Å². The third-order valence-corrected chi connectivity index (χ3v) is 2.42. The van der Waals surface area contributed by atoms with Crippen molar-refractivity contribution >= 4 is 17.3 Å². The summed E-state index contributed by atoms with van der Waals surface area (Å²) in [4.78, 5) is 11.8. The predicted octanol–water partition coefficient (Wildman–Crippen LogP) is 2.94. The number of carbonyl (C=O) groups excluding carboxylic acids is 1. The van der Waals surface area contributed by atoms with Crippen LogP contribution in [-0.2, 0) is 0 Å². The highest BCUT2D eigenvalue weighted by Crippen LogP contribution is 2.19. The Bertz CT molecular complexity index is 644. The second-order valence-electron chi connectivity index (χ2n) is 3.82. The van der Waals surface area contributed by atoms with Crippen molar-refractivity contribution in [3.8, 4) is 0 Å². The second kappa shape index (κ2) is 5.01. The normalized spacial score (nSPS) is 10.3. The molecule has 2 rings (SSSR count). The number of nitrogens with two attached hydrogens (primary N) is 1. The van der Waals surface area contributed by atoms with Crippen LogP contribution in [0.15, 0.2) is 36.4 Å². The van der Waals surface area contributed by atoms with Crippen molar-refractivity contribution in [1.29, 1.82) is 0 Å². The Balaban J connectivity index is 2.28. The van der Waals surface area contributed by atoms with Crippen LogP contribution in [0, 0.1) is 17.5 Å². The van der Waals surface area contributed by atoms with E-state index in [1.165, 1.54) is 18.2 Å². The number of nitrogen functional groups attached to an aromatic ring is 1. The first-order valence-corrected chi connectivity index (χ1v) is 5.29. The van der Waals surface area contributed by atoms with Crippen LogP contribution in [0.4, 0.5) is 24.5 Å². The van der Waals surface area contributed by atoms with E-state index < -0.39 is 23.4 Å². The molecule has 0 aliphatic carbocycles. The van der Waals surface area contributed by atoms with Crippen LogP contribution in [0.25, 0.3) is 0 Å². The van der Waals surface area contributed by atoms with Gasteiger partial charge in [0, 0.05) is 17.4 Å². The minimum atomic E-state index is -1.18. The monoisotopic (exact) mass is 266 g/mol. The number of benzene rings is 2. The molecule has 3 N–H and O–H groups in total. The maximum absolute atomic E-state index is 13.1. The van der Waals surface area contributed by atoms with Gasteiger partial charge >= 0.3 is 0 Å². The SMILES string of the molecule is Nc1cc(F)c(F)cc1C(=O)Nc1cccc(F)c1. The zero-order valence-electron chi connectivity index (χ0n) is 9.58. The van der Waals surface area contributed by atoms with Crippen LogP contribution in [0.3, 0.4) is 0 Å². The van der Waals surface area contributed by atoms with Gasteiger partial charge < -0.3 is 11.1 Å². The summed E-state index contributed by atoms with van der Waals surface area (Å²) in [5.74, 6) is -3.60. The van der Waals surface area contributed by atoms with Gasteiger partial charge in [-0.3, -0.25) is 4.79 Å². The van der Waals surface area contributed by atoms with Crippen LogP contribution in [0.5, 0.6) is 0 Å². The van der Waals surface area contributed by atoms with Crippen LogP contribution < -0.4 is 11.1 Å². The highest BCUT2D eigenvalue weighted by Gasteiger charge is 2.14. The average Bonchev–Trinajstić information content (AvgIpc) is 2.33. The van der Waals surface area contributed by atoms with Crippen molar-refractivity contribution in [2.45, 2.75) is 0 Å². The van der Waals surface area contributed by atoms with Crippen LogP contribution in [0.2, 0.25) is 0 Å². The van der Waals surface area contributed by atoms with Crippen molar-refractivity contribution in [1.82, 2.24) is 0 Å². The molecule has 6 heteroatoms. The van der Waals surface area contributed by atoms with Gasteiger partial charge in [0.2, 0.25) is 0 Å². The predicted molar refractivity (Wildman–Crippen MR) is 65.1 cm³/mol. The molecule has 0 saturated carbocycles. The highest BCUT2D eigenvalue weighted by molar-refractivity contribution is 6.07. The molecule has 0 heterocycles. The fourth-order valence-corrected chi connectivity index (χ4v) is 1.52. The maximum atomic E-state index is 13.1. The fraction of sp³-hybridized carbons (Fsp3) is 0. The standard InChI is InChI=1S/C13H9F3N2O/c14-7-2-1-3-8(4-7)18-13(19)9-5-10(15)11(16)6-12(9)17/h1-6H,17H2,(H,18,19). The van der Waals surface area contributed by atoms with E-state index in [-0.39, 0.29) is 16.9 Å². The summed E-state index contributed by atoms with van der Waals surface area (Å²) in [6, 6.07) is 6.57. The quantitative estimate of drug-likeness (QED) is 0.821. The zero-order valence-corrected chi connectivity index (χ0v) is 9.58. The van der Waals surface area contributed by atoms with Crippen molar-refractivity contribution in [3.63, 3.8) is 0 Å². The summed E-state index contributed by atoms with van der Waals surface area (Å²) in [6.45, 7) is 0. The maximum Gasteiger partial charge on any atom is 0.257 e. The first-order chi connectivity index (χ1) is 8.97. The van der Waals surface area contributed by atoms with Crippen molar-refractivity contribution in [2.24, 2.45) is 0 Å². The van der Waals surface area contributed by atoms with E-state index in [4.69, 9.17) is 5.73 Å². The molecule has 1 amide bonds. The summed E-state index contributed by atoms with van der Waals surface area (Å²) in [5, 5.41) is 2.34. The zero-order chi connectivity index (χ0) is 14.0. The Morgan fingerprint density at radius 2 is 1.74 bits per heavy atom. The van der Waals surface area contributed by atoms with E-state index in [2.05, 4.69) is 5.32 Å². The Kier molecular flexibility index (Phi) is 3.41. The van der Waals surface area contributed by atoms with Gasteiger partial charge in [0.05, 0.1) is 5.56 Å². The third kappa shape index (κ3) is 2.85. The van der Waals surface area contributed by atoms with Crippen molar-refractivity contribution < 1.29 is 18.0 Å². The molecular formula is C13H9F3N2O. The average molecular weight is 266 g/mol. The van der Waals surface area contributed by atoms with Gasteiger partial charge in [0.1, 0.15) is 5.82 Å². The lowest BCUT2D eigenvalue weighted by Crippen LogP contribution is -2.15. The number of hydrogen-bond donors (Lipinski definition) is 2. The summed E-state index contributed by atoms with van der Waals surface area (Å²) >= 11 is 0. The van der Waals surface area contributed by atoms with Crippen LogP contribution in [0.1, 0.15) is 10.4 Å². The smallest absolute Gasteiger partial charge is 0.257 e. The van der Waals surface area contributed by atoms with E-state index in [1.807, 2.05) is 0 Å². The summed E-state index contributed by atoms with van der Waals surface area (Å²) in [7, 11) is 0. The Labute approximate surface area is 106 Å². The molecule has 0 radical (unpaired) electrons. The molecule has 2 aromatic rings. The molecule has 3 nitrogen and oxygen atoms in total. The summed E-state index contributed by atoms with van der Waals surface area (Å²) in [6.07, 6.45) is 0. The first kappa shape index (κ1) is 12.9. The molecule has 0 unspecified atom stereocenters. The number of carbonyl (C=O) groups is 1. The molecule has 0 aliphatic heterocycles. The lowest BCUT2D eigenvalue weighted by atomic mass is 10.1. The number of anilines is 2. The largest absolute Gasteiger partial charge is 0.398 e. The van der Waals surface area contributed by atoms with E-state index >= 15 is 0 Å². The molecule has 0 bridgehead atoms. The van der Waals surface area contributed by atoms with E-state index in [0.29, 0.717) is 6.07 Å². The van der Waals surface area contributed by atoms with E-state index in [9.17, 15) is 18.0 Å². The van der Waals surface area contributed by atoms with Gasteiger partial charge in [-0.2, -0.15) is 0 Å². The number of hydrogen-bond acceptors (Lipinski definition) is 2. The second-order valence-corrected chi connectivity index (χ2v) is 3.82. The molecule has 0 atom stereocenters. The molecule has 0 aromatic heterocycles. The molecule has 2 aromatic carbocycles. The van der Waals surface area contributed by atoms with Gasteiger partial charge in [-0.05, 0) is 24.3 Å². The molecule has 19 heavy (non-hydrogen) atoms. The van der Waals surface area contributed by atoms with E-state index in [1.54, 1.807) is 0 Å². The molecule has 0 spiro atoms. The fourth-order valence-electron chi connectivity index (χ4n) is 1.52.